The van der Waals surface area contributed by atoms with Crippen LogP contribution < -0.4 is 0 Å². The van der Waals surface area contributed by atoms with Gasteiger partial charge in [-0.15, -0.1) is 0 Å². The standard InChI is InChI=1S/C10H10N4/c1-3-12-10-7-13-8-6-11-4-2-9(8)14(10)5-1/h1,3,6-7H,2,4-5H2. The quantitative estimate of drug-likeness (QED) is 0.556. The lowest BCUT2D eigenvalue weighted by atomic mass is 10.1. The lowest BCUT2D eigenvalue weighted by Crippen LogP contribution is -2.37. The van der Waals surface area contributed by atoms with E-state index in [1.54, 1.807) is 6.21 Å². The highest BCUT2D eigenvalue weighted by molar-refractivity contribution is 6.31. The Hall–Kier alpha value is -1.71. The van der Waals surface area contributed by atoms with E-state index in [1.807, 2.05) is 12.4 Å². The topological polar surface area (TPSA) is 40.3 Å². The molecule has 70 valence electrons. The number of dihydropyridines is 1. The Kier molecular flexibility index (Phi) is 1.59. The average Bonchev–Trinajstić information content (AvgIpc) is 2.29. The van der Waals surface area contributed by atoms with Crippen molar-refractivity contribution in [3.63, 3.8) is 0 Å². The van der Waals surface area contributed by atoms with Crippen LogP contribution in [-0.2, 0) is 0 Å². The summed E-state index contributed by atoms with van der Waals surface area (Å²) in [5, 5.41) is 0. The summed E-state index contributed by atoms with van der Waals surface area (Å²) in [5.74, 6) is 0.946. The Bertz CT molecular complexity index is 412. The lowest BCUT2D eigenvalue weighted by molar-refractivity contribution is 0.530. The fraction of sp³-hybridized carbons (Fsp3) is 0.300. The van der Waals surface area contributed by atoms with Crippen molar-refractivity contribution in [1.29, 1.82) is 0 Å². The molecule has 3 aliphatic rings. The van der Waals surface area contributed by atoms with Gasteiger partial charge in [0.1, 0.15) is 5.70 Å². The zero-order chi connectivity index (χ0) is 9.38. The van der Waals surface area contributed by atoms with Gasteiger partial charge in [0, 0.05) is 37.6 Å². The number of rotatable bonds is 0. The highest BCUT2D eigenvalue weighted by atomic mass is 15.2. The van der Waals surface area contributed by atoms with Crippen molar-refractivity contribution in [2.45, 2.75) is 6.42 Å². The summed E-state index contributed by atoms with van der Waals surface area (Å²) in [6.45, 7) is 1.76. The molecule has 3 aliphatic heterocycles. The van der Waals surface area contributed by atoms with E-state index in [9.17, 15) is 0 Å². The van der Waals surface area contributed by atoms with Crippen LogP contribution in [-0.4, -0.2) is 36.3 Å². The van der Waals surface area contributed by atoms with E-state index in [0.29, 0.717) is 0 Å². The molecule has 4 nitrogen and oxygen atoms in total. The molecule has 0 N–H and O–H groups in total. The lowest BCUT2D eigenvalue weighted by Gasteiger charge is -2.31. The summed E-state index contributed by atoms with van der Waals surface area (Å²) in [6.07, 6.45) is 8.51. The van der Waals surface area contributed by atoms with Crippen molar-refractivity contribution >= 4 is 18.3 Å². The normalized spacial score (nSPS) is 23.4. The van der Waals surface area contributed by atoms with Gasteiger partial charge in [0.2, 0.25) is 0 Å². The molecular formula is C10H10N4. The second-order valence-corrected chi connectivity index (χ2v) is 3.36. The molecule has 0 saturated heterocycles. The molecule has 0 spiro atoms. The molecule has 0 aromatic rings. The molecule has 0 aromatic carbocycles. The zero-order valence-corrected chi connectivity index (χ0v) is 7.72. The van der Waals surface area contributed by atoms with Crippen molar-refractivity contribution in [3.8, 4) is 0 Å². The Labute approximate surface area is 82.1 Å². The Morgan fingerprint density at radius 3 is 3.29 bits per heavy atom. The molecule has 0 aliphatic carbocycles. The highest BCUT2D eigenvalue weighted by Gasteiger charge is 2.23. The van der Waals surface area contributed by atoms with Gasteiger partial charge in [-0.1, -0.05) is 0 Å². The Morgan fingerprint density at radius 1 is 1.29 bits per heavy atom. The molecule has 3 heterocycles. The van der Waals surface area contributed by atoms with Crippen LogP contribution in [0.1, 0.15) is 6.42 Å². The number of nitrogens with zero attached hydrogens (tertiary/aromatic N) is 4. The van der Waals surface area contributed by atoms with Crippen LogP contribution in [0.3, 0.4) is 0 Å². The third-order valence-corrected chi connectivity index (χ3v) is 2.51. The van der Waals surface area contributed by atoms with Crippen LogP contribution in [0.15, 0.2) is 38.6 Å². The SMILES string of the molecule is C1=CN=C2C=NC3=C(CCN=C3)N2C1. The molecule has 0 radical (unpaired) electrons. The molecular weight excluding hydrogens is 176 g/mol. The number of hydrogen-bond acceptors (Lipinski definition) is 4. The van der Waals surface area contributed by atoms with Crippen LogP contribution in [0, 0.1) is 0 Å². The molecule has 0 amide bonds. The summed E-state index contributed by atoms with van der Waals surface area (Å²) in [7, 11) is 0. The Balaban J connectivity index is 2.06. The van der Waals surface area contributed by atoms with Crippen LogP contribution in [0.2, 0.25) is 0 Å². The number of allylic oxidation sites excluding steroid dienone is 1. The number of fused-ring (bicyclic) bond motifs is 2. The molecule has 4 heteroatoms. The molecule has 0 fully saturated rings. The van der Waals surface area contributed by atoms with Gasteiger partial charge in [-0.3, -0.25) is 4.99 Å². The fourth-order valence-corrected chi connectivity index (χ4v) is 1.83. The van der Waals surface area contributed by atoms with Gasteiger partial charge in [-0.25, -0.2) is 9.98 Å². The molecule has 0 saturated carbocycles. The minimum absolute atomic E-state index is 0.863. The molecule has 0 bridgehead atoms. The monoisotopic (exact) mass is 186 g/mol. The van der Waals surface area contributed by atoms with Crippen molar-refractivity contribution in [1.82, 2.24) is 4.90 Å². The van der Waals surface area contributed by atoms with Crippen LogP contribution in [0.4, 0.5) is 0 Å². The van der Waals surface area contributed by atoms with Crippen LogP contribution >= 0.6 is 0 Å². The molecule has 14 heavy (non-hydrogen) atoms. The van der Waals surface area contributed by atoms with E-state index in [2.05, 4.69) is 26.0 Å². The highest BCUT2D eigenvalue weighted by Crippen LogP contribution is 2.22. The second-order valence-electron chi connectivity index (χ2n) is 3.36. The van der Waals surface area contributed by atoms with Crippen molar-refractivity contribution in [2.24, 2.45) is 15.0 Å². The zero-order valence-electron chi connectivity index (χ0n) is 7.72. The summed E-state index contributed by atoms with van der Waals surface area (Å²) in [4.78, 5) is 15.0. The van der Waals surface area contributed by atoms with Gasteiger partial charge >= 0.3 is 0 Å². The van der Waals surface area contributed by atoms with E-state index in [0.717, 1.165) is 31.0 Å². The fourth-order valence-electron chi connectivity index (χ4n) is 1.83. The molecule has 3 rings (SSSR count). The predicted molar refractivity (Wildman–Crippen MR) is 56.8 cm³/mol. The van der Waals surface area contributed by atoms with E-state index in [4.69, 9.17) is 0 Å². The summed E-state index contributed by atoms with van der Waals surface area (Å²) < 4.78 is 0. The van der Waals surface area contributed by atoms with E-state index in [1.165, 1.54) is 5.70 Å². The minimum atomic E-state index is 0.863. The van der Waals surface area contributed by atoms with Crippen molar-refractivity contribution in [2.75, 3.05) is 13.1 Å². The number of amidine groups is 1. The minimum Gasteiger partial charge on any atom is -0.323 e. The smallest absolute Gasteiger partial charge is 0.151 e. The third-order valence-electron chi connectivity index (χ3n) is 2.51. The van der Waals surface area contributed by atoms with Crippen LogP contribution in [0.5, 0.6) is 0 Å². The van der Waals surface area contributed by atoms with Gasteiger partial charge in [-0.05, 0) is 6.08 Å². The maximum absolute atomic E-state index is 4.33. The van der Waals surface area contributed by atoms with Gasteiger partial charge < -0.3 is 4.90 Å². The summed E-state index contributed by atoms with van der Waals surface area (Å²) in [6, 6.07) is 0. The number of aliphatic imine (C=N–C) groups is 3. The molecule has 0 aromatic heterocycles. The average molecular weight is 186 g/mol. The molecule has 0 unspecified atom stereocenters. The van der Waals surface area contributed by atoms with Gasteiger partial charge in [0.05, 0.1) is 6.21 Å². The molecule has 0 atom stereocenters. The second kappa shape index (κ2) is 2.90. The maximum Gasteiger partial charge on any atom is 0.151 e. The summed E-state index contributed by atoms with van der Waals surface area (Å²) >= 11 is 0. The third kappa shape index (κ3) is 1.04. The maximum atomic E-state index is 4.33. The first-order chi connectivity index (χ1) is 6.95. The predicted octanol–water partition coefficient (Wildman–Crippen LogP) is 0.985. The first-order valence-electron chi connectivity index (χ1n) is 4.72. The van der Waals surface area contributed by atoms with Crippen molar-refractivity contribution in [3.05, 3.63) is 23.7 Å². The first kappa shape index (κ1) is 7.67. The first-order valence-corrected chi connectivity index (χ1v) is 4.72. The van der Waals surface area contributed by atoms with E-state index < -0.39 is 0 Å². The summed E-state index contributed by atoms with van der Waals surface area (Å²) in [5.41, 5.74) is 2.25. The van der Waals surface area contributed by atoms with Gasteiger partial charge in [-0.2, -0.15) is 0 Å². The van der Waals surface area contributed by atoms with Crippen molar-refractivity contribution < 1.29 is 0 Å². The van der Waals surface area contributed by atoms with Crippen LogP contribution in [0.25, 0.3) is 0 Å². The van der Waals surface area contributed by atoms with Gasteiger partial charge in [0.25, 0.3) is 0 Å². The Morgan fingerprint density at radius 2 is 2.29 bits per heavy atom. The van der Waals surface area contributed by atoms with Gasteiger partial charge in [0.15, 0.2) is 5.84 Å². The largest absolute Gasteiger partial charge is 0.323 e. The number of hydrogen-bond donors (Lipinski definition) is 0. The van der Waals surface area contributed by atoms with E-state index in [-0.39, 0.29) is 0 Å². The van der Waals surface area contributed by atoms with E-state index >= 15 is 0 Å².